The van der Waals surface area contributed by atoms with Crippen LogP contribution in [0.25, 0.3) is 0 Å². The molecule has 0 aromatic rings. The van der Waals surface area contributed by atoms with Crippen molar-refractivity contribution < 1.29 is 9.22 Å². The summed E-state index contributed by atoms with van der Waals surface area (Å²) in [4.78, 5) is 15.0. The smallest absolute Gasteiger partial charge is 0.229 e. The van der Waals surface area contributed by atoms with Crippen LogP contribution in [-0.2, 0) is 9.22 Å². The van der Waals surface area contributed by atoms with E-state index in [1.165, 1.54) is 37.8 Å². The Labute approximate surface area is 186 Å². The molecule has 0 N–H and O–H groups in total. The minimum atomic E-state index is -1.98. The number of carbonyl (C=O) groups is 1. The summed E-state index contributed by atoms with van der Waals surface area (Å²) in [6, 6.07) is 0. The molecule has 4 aliphatic rings. The Morgan fingerprint density at radius 1 is 1.13 bits per heavy atom. The fourth-order valence-electron chi connectivity index (χ4n) is 7.56. The van der Waals surface area contributed by atoms with E-state index in [1.54, 1.807) is 0 Å². The Bertz CT molecular complexity index is 753. The monoisotopic (exact) mass is 431 g/mol. The lowest BCUT2D eigenvalue weighted by atomic mass is 9.47. The summed E-state index contributed by atoms with van der Waals surface area (Å²) in [6.07, 6.45) is 9.85. The first-order chi connectivity index (χ1) is 13.7. The second-order valence-corrected chi connectivity index (χ2v) is 17.8. The average molecular weight is 432 g/mol. The molecule has 1 unspecified atom stereocenters. The zero-order valence-electron chi connectivity index (χ0n) is 21.0. The van der Waals surface area contributed by atoms with Gasteiger partial charge < -0.3 is 9.33 Å². The Kier molecular flexibility index (Phi) is 5.22. The van der Waals surface area contributed by atoms with Crippen LogP contribution in [0.3, 0.4) is 0 Å². The molecule has 30 heavy (non-hydrogen) atoms. The number of nitrogens with zero attached hydrogens (tertiary/aromatic N) is 1. The number of piperidine rings is 1. The molecule has 1 amide bonds. The molecule has 3 aliphatic carbocycles. The molecule has 0 spiro atoms. The first kappa shape index (κ1) is 22.6. The van der Waals surface area contributed by atoms with Crippen molar-refractivity contribution in [3.8, 4) is 0 Å². The topological polar surface area (TPSA) is 29.5 Å². The predicted octanol–water partition coefficient (Wildman–Crippen LogP) is 6.61. The molecule has 3 fully saturated rings. The highest BCUT2D eigenvalue weighted by Gasteiger charge is 2.62. The van der Waals surface area contributed by atoms with Crippen molar-refractivity contribution in [1.82, 2.24) is 4.90 Å². The first-order valence-electron chi connectivity index (χ1n) is 12.4. The van der Waals surface area contributed by atoms with Gasteiger partial charge in [0.2, 0.25) is 5.91 Å². The van der Waals surface area contributed by atoms with E-state index >= 15 is 0 Å². The highest BCUT2D eigenvalue weighted by molar-refractivity contribution is 6.74. The minimum Gasteiger partial charge on any atom is -0.412 e. The van der Waals surface area contributed by atoms with Gasteiger partial charge in [-0.25, -0.2) is 0 Å². The van der Waals surface area contributed by atoms with E-state index in [9.17, 15) is 4.79 Å². The molecule has 7 atom stereocenters. The van der Waals surface area contributed by atoms with Crippen molar-refractivity contribution in [2.75, 3.05) is 7.05 Å². The maximum Gasteiger partial charge on any atom is 0.229 e. The van der Waals surface area contributed by atoms with Crippen molar-refractivity contribution in [2.24, 2.45) is 34.5 Å². The number of hydrogen-bond acceptors (Lipinski definition) is 2. The molecular weight excluding hydrogens is 386 g/mol. The molecule has 1 aliphatic heterocycles. The van der Waals surface area contributed by atoms with Gasteiger partial charge in [0.05, 0.1) is 12.5 Å². The van der Waals surface area contributed by atoms with E-state index in [-0.39, 0.29) is 22.5 Å². The standard InChI is InChI=1S/C26H45NO2Si/c1-17-15-20-26(6,19-12-14-25(5)13-10-11-18(25)23(17)19)21(16-22(28)27(20)7)29-30(8,9)24(2,3)4/h15,17-19,21,23H,10-14,16H2,1-9H3/t17-,18-,19-,21?,23-,25-,26+/m0/s1. The molecule has 170 valence electrons. The molecule has 4 rings (SSSR count). The summed E-state index contributed by atoms with van der Waals surface area (Å²) < 4.78 is 7.11. The SMILES string of the molecule is C[C@H]1C=C2N(C)C(=O)CC(O[Si](C)(C)C(C)(C)C)[C@]2(C)[C@H]2CC[C@]3(C)CCC[C@H]3[C@H]12. The van der Waals surface area contributed by atoms with Gasteiger partial charge in [0.25, 0.3) is 0 Å². The zero-order chi connectivity index (χ0) is 22.3. The third-order valence-electron chi connectivity index (χ3n) is 10.5. The van der Waals surface area contributed by atoms with Crippen molar-refractivity contribution in [3.63, 3.8) is 0 Å². The Balaban J connectivity index is 1.78. The van der Waals surface area contributed by atoms with E-state index in [0.717, 1.165) is 11.8 Å². The number of hydrogen-bond donors (Lipinski definition) is 0. The Morgan fingerprint density at radius 3 is 2.43 bits per heavy atom. The van der Waals surface area contributed by atoms with Gasteiger partial charge in [-0.3, -0.25) is 4.79 Å². The number of carbonyl (C=O) groups excluding carboxylic acids is 1. The molecule has 0 aromatic heterocycles. The van der Waals surface area contributed by atoms with E-state index in [4.69, 9.17) is 4.43 Å². The van der Waals surface area contributed by atoms with Crippen LogP contribution >= 0.6 is 0 Å². The van der Waals surface area contributed by atoms with Gasteiger partial charge in [0.1, 0.15) is 0 Å². The molecule has 4 heteroatoms. The number of likely N-dealkylation sites (tertiary alicyclic amines) is 1. The third kappa shape index (κ3) is 3.10. The highest BCUT2D eigenvalue weighted by Crippen LogP contribution is 2.66. The highest BCUT2D eigenvalue weighted by atomic mass is 28.4. The van der Waals surface area contributed by atoms with Crippen LogP contribution in [0.15, 0.2) is 11.8 Å². The normalized spacial score (nSPS) is 44.3. The molecule has 1 heterocycles. The number of amides is 1. The number of fused-ring (bicyclic) bond motifs is 5. The summed E-state index contributed by atoms with van der Waals surface area (Å²) in [5.74, 6) is 2.95. The number of allylic oxidation sites excluding steroid dienone is 1. The molecule has 2 saturated carbocycles. The Morgan fingerprint density at radius 2 is 1.80 bits per heavy atom. The second kappa shape index (κ2) is 6.94. The van der Waals surface area contributed by atoms with Crippen LogP contribution in [-0.4, -0.2) is 32.3 Å². The fraction of sp³-hybridized carbons (Fsp3) is 0.885. The van der Waals surface area contributed by atoms with E-state index in [1.807, 2.05) is 11.9 Å². The van der Waals surface area contributed by atoms with Gasteiger partial charge in [-0.15, -0.1) is 0 Å². The van der Waals surface area contributed by atoms with Crippen LogP contribution in [0.1, 0.15) is 80.1 Å². The Hall–Kier alpha value is -0.613. The summed E-state index contributed by atoms with van der Waals surface area (Å²) in [5, 5.41) is 0.150. The van der Waals surface area contributed by atoms with Crippen molar-refractivity contribution in [2.45, 2.75) is 104 Å². The average Bonchev–Trinajstić information content (AvgIpc) is 3.02. The molecular formula is C26H45NO2Si. The van der Waals surface area contributed by atoms with Crippen LogP contribution < -0.4 is 0 Å². The second-order valence-electron chi connectivity index (χ2n) is 13.1. The molecule has 0 radical (unpaired) electrons. The van der Waals surface area contributed by atoms with Gasteiger partial charge in [-0.2, -0.15) is 0 Å². The van der Waals surface area contributed by atoms with E-state index < -0.39 is 8.32 Å². The summed E-state index contributed by atoms with van der Waals surface area (Å²) in [5.41, 5.74) is 1.74. The van der Waals surface area contributed by atoms with E-state index in [0.29, 0.717) is 23.7 Å². The first-order valence-corrected chi connectivity index (χ1v) is 15.3. The lowest BCUT2D eigenvalue weighted by Gasteiger charge is -2.62. The molecule has 1 saturated heterocycles. The van der Waals surface area contributed by atoms with Gasteiger partial charge in [0.15, 0.2) is 8.32 Å². The zero-order valence-corrected chi connectivity index (χ0v) is 22.0. The van der Waals surface area contributed by atoms with Gasteiger partial charge in [-0.05, 0) is 72.9 Å². The van der Waals surface area contributed by atoms with Crippen LogP contribution in [0.4, 0.5) is 0 Å². The van der Waals surface area contributed by atoms with Crippen LogP contribution in [0.2, 0.25) is 18.1 Å². The van der Waals surface area contributed by atoms with Gasteiger partial charge >= 0.3 is 0 Å². The molecule has 0 aromatic carbocycles. The largest absolute Gasteiger partial charge is 0.412 e. The lowest BCUT2D eigenvalue weighted by Crippen LogP contribution is -2.62. The van der Waals surface area contributed by atoms with Crippen molar-refractivity contribution in [3.05, 3.63) is 11.8 Å². The summed E-state index contributed by atoms with van der Waals surface area (Å²) >= 11 is 0. The fourth-order valence-corrected chi connectivity index (χ4v) is 8.96. The minimum absolute atomic E-state index is 0.0131. The predicted molar refractivity (Wildman–Crippen MR) is 126 cm³/mol. The van der Waals surface area contributed by atoms with Gasteiger partial charge in [0, 0.05) is 18.2 Å². The van der Waals surface area contributed by atoms with Crippen molar-refractivity contribution in [1.29, 1.82) is 0 Å². The van der Waals surface area contributed by atoms with Gasteiger partial charge in [-0.1, -0.05) is 54.0 Å². The van der Waals surface area contributed by atoms with E-state index in [2.05, 4.69) is 60.7 Å². The van der Waals surface area contributed by atoms with Crippen molar-refractivity contribution >= 4 is 14.2 Å². The maximum atomic E-state index is 13.1. The summed E-state index contributed by atoms with van der Waals surface area (Å²) in [7, 11) is 0.0244. The summed E-state index contributed by atoms with van der Waals surface area (Å²) in [6.45, 7) is 19.1. The lowest BCUT2D eigenvalue weighted by molar-refractivity contribution is -0.148. The molecule has 0 bridgehead atoms. The van der Waals surface area contributed by atoms with Crippen LogP contribution in [0.5, 0.6) is 0 Å². The maximum absolute atomic E-state index is 13.1. The van der Waals surface area contributed by atoms with Crippen LogP contribution in [0, 0.1) is 34.5 Å². The molecule has 3 nitrogen and oxygen atoms in total. The quantitative estimate of drug-likeness (QED) is 0.460. The number of rotatable bonds is 2. The third-order valence-corrected chi connectivity index (χ3v) is 15.0.